The Hall–Kier alpha value is -1.69. The Bertz CT molecular complexity index is 1260. The predicted octanol–water partition coefficient (Wildman–Crippen LogP) is 6.13. The third kappa shape index (κ3) is 7.02. The van der Waals surface area contributed by atoms with Gasteiger partial charge in [-0.25, -0.2) is 17.2 Å². The zero-order chi connectivity index (χ0) is 29.1. The number of aliphatic hydroxyl groups excluding tert-OH is 1. The maximum Gasteiger partial charge on any atom is 0.221 e. The van der Waals surface area contributed by atoms with Gasteiger partial charge >= 0.3 is 0 Å². The number of hydrogen-bond acceptors (Lipinski definition) is 5. The topological polar surface area (TPSA) is 76.1 Å². The Labute approximate surface area is 238 Å². The van der Waals surface area contributed by atoms with E-state index in [9.17, 15) is 13.5 Å². The minimum atomic E-state index is -3.79. The van der Waals surface area contributed by atoms with Gasteiger partial charge in [-0.05, 0) is 68.3 Å². The first kappa shape index (κ1) is 31.2. The van der Waals surface area contributed by atoms with Crippen LogP contribution >= 0.6 is 0 Å². The molecule has 4 rings (SSSR count). The van der Waals surface area contributed by atoms with Gasteiger partial charge in [-0.2, -0.15) is 4.31 Å². The molecule has 2 aromatic rings. The van der Waals surface area contributed by atoms with E-state index in [0.29, 0.717) is 44.3 Å². The predicted molar refractivity (Wildman–Crippen MR) is 155 cm³/mol. The molecule has 222 valence electrons. The lowest BCUT2D eigenvalue weighted by atomic mass is 9.79. The summed E-state index contributed by atoms with van der Waals surface area (Å²) >= 11 is 0. The molecule has 1 saturated carbocycles. The van der Waals surface area contributed by atoms with E-state index in [1.807, 2.05) is 6.07 Å². The molecular weight excluding hydrogens is 552 g/mol. The lowest BCUT2D eigenvalue weighted by molar-refractivity contribution is -0.0857. The van der Waals surface area contributed by atoms with Gasteiger partial charge in [0.1, 0.15) is 23.7 Å². The fourth-order valence-corrected chi connectivity index (χ4v) is 8.85. The summed E-state index contributed by atoms with van der Waals surface area (Å²) in [5.74, 6) is -1.31. The van der Waals surface area contributed by atoms with Crippen LogP contribution in [-0.4, -0.2) is 58.1 Å². The molecule has 1 unspecified atom stereocenters. The number of halogens is 2. The molecule has 2 aromatic carbocycles. The number of ether oxygens (including phenoxy) is 2. The maximum atomic E-state index is 15.6. The van der Waals surface area contributed by atoms with E-state index in [1.54, 1.807) is 31.2 Å². The first-order valence-electron chi connectivity index (χ1n) is 14.2. The van der Waals surface area contributed by atoms with Crippen LogP contribution in [-0.2, 0) is 31.5 Å². The Morgan fingerprint density at radius 2 is 1.80 bits per heavy atom. The Balaban J connectivity index is 1.47. The largest absolute Gasteiger partial charge is 0.395 e. The van der Waals surface area contributed by atoms with Crippen LogP contribution in [0.4, 0.5) is 8.78 Å². The molecule has 0 aromatic heterocycles. The fourth-order valence-electron chi connectivity index (χ4n) is 5.91. The van der Waals surface area contributed by atoms with Gasteiger partial charge in [-0.15, -0.1) is 0 Å². The van der Waals surface area contributed by atoms with Crippen molar-refractivity contribution < 1.29 is 31.8 Å². The third-order valence-corrected chi connectivity index (χ3v) is 12.6. The van der Waals surface area contributed by atoms with Crippen LogP contribution in [0.1, 0.15) is 61.0 Å². The van der Waals surface area contributed by atoms with E-state index in [2.05, 4.69) is 19.6 Å². The zero-order valence-corrected chi connectivity index (χ0v) is 25.9. The summed E-state index contributed by atoms with van der Waals surface area (Å²) in [4.78, 5) is 0. The van der Waals surface area contributed by atoms with Crippen LogP contribution in [0.15, 0.2) is 42.5 Å². The van der Waals surface area contributed by atoms with Crippen molar-refractivity contribution in [1.29, 1.82) is 0 Å². The molecule has 10 heteroatoms. The monoisotopic (exact) mass is 595 g/mol. The summed E-state index contributed by atoms with van der Waals surface area (Å²) in [7, 11) is -4.99. The highest BCUT2D eigenvalue weighted by Gasteiger charge is 2.44. The molecule has 40 heavy (non-hydrogen) atoms. The number of hydrogen-bond donors (Lipinski definition) is 1. The second-order valence-corrected chi connectivity index (χ2v) is 20.3. The average molecular weight is 596 g/mol. The van der Waals surface area contributed by atoms with Crippen molar-refractivity contribution in [3.63, 3.8) is 0 Å². The van der Waals surface area contributed by atoms with Crippen molar-refractivity contribution in [3.05, 3.63) is 70.8 Å². The molecule has 4 atom stereocenters. The molecule has 0 bridgehead atoms. The molecule has 1 aliphatic carbocycles. The van der Waals surface area contributed by atoms with E-state index < -0.39 is 40.4 Å². The second kappa shape index (κ2) is 12.7. The molecule has 0 radical (unpaired) electrons. The molecule has 1 heterocycles. The Morgan fingerprint density at radius 1 is 1.07 bits per heavy atom. The standard InChI is InChI=1S/C30H43F2NO5SSi/c1-22-10-11-29(23-8-6-5-7-9-23)39(35,36)33(22)19-24-16-28(32)26(17-27(24)31)30(20-34)13-12-25(18-30)38-21-37-14-15-40(2,3)4/h5-9,16-17,22,25,29,34H,10-15,18-21H2,1-4H3/t22-,25?,29+,30+/m0/s1. The minimum Gasteiger partial charge on any atom is -0.395 e. The first-order chi connectivity index (χ1) is 18.9. The lowest BCUT2D eigenvalue weighted by Gasteiger charge is -2.37. The third-order valence-electron chi connectivity index (χ3n) is 8.48. The van der Waals surface area contributed by atoms with E-state index >= 15 is 8.78 Å². The van der Waals surface area contributed by atoms with Crippen molar-refractivity contribution in [2.24, 2.45) is 0 Å². The van der Waals surface area contributed by atoms with Crippen LogP contribution in [0.3, 0.4) is 0 Å². The Morgan fingerprint density at radius 3 is 2.48 bits per heavy atom. The second-order valence-electron chi connectivity index (χ2n) is 12.6. The summed E-state index contributed by atoms with van der Waals surface area (Å²) < 4.78 is 71.0. The van der Waals surface area contributed by atoms with Gasteiger partial charge in [0, 0.05) is 38.2 Å². The van der Waals surface area contributed by atoms with Crippen molar-refractivity contribution >= 4 is 18.1 Å². The molecule has 6 nitrogen and oxygen atoms in total. The van der Waals surface area contributed by atoms with Crippen LogP contribution in [0, 0.1) is 11.6 Å². The molecule has 2 fully saturated rings. The highest BCUT2D eigenvalue weighted by molar-refractivity contribution is 7.89. The van der Waals surface area contributed by atoms with E-state index in [-0.39, 0.29) is 43.2 Å². The number of sulfonamides is 1. The lowest BCUT2D eigenvalue weighted by Crippen LogP contribution is -2.45. The molecule has 1 saturated heterocycles. The van der Waals surface area contributed by atoms with Crippen molar-refractivity contribution in [3.8, 4) is 0 Å². The maximum absolute atomic E-state index is 15.6. The smallest absolute Gasteiger partial charge is 0.221 e. The minimum absolute atomic E-state index is 0.0138. The van der Waals surface area contributed by atoms with Crippen LogP contribution < -0.4 is 0 Å². The molecule has 2 aliphatic rings. The van der Waals surface area contributed by atoms with Gasteiger partial charge in [0.15, 0.2) is 0 Å². The summed E-state index contributed by atoms with van der Waals surface area (Å²) in [6.45, 7) is 8.81. The molecule has 1 N–H and O–H groups in total. The molecule has 0 spiro atoms. The van der Waals surface area contributed by atoms with Gasteiger partial charge in [0.2, 0.25) is 10.0 Å². The number of benzene rings is 2. The van der Waals surface area contributed by atoms with Gasteiger partial charge in [-0.1, -0.05) is 50.0 Å². The molecule has 1 aliphatic heterocycles. The molecule has 0 amide bonds. The quantitative estimate of drug-likeness (QED) is 0.192. The van der Waals surface area contributed by atoms with Crippen LogP contribution in [0.2, 0.25) is 25.7 Å². The first-order valence-corrected chi connectivity index (χ1v) is 19.4. The highest BCUT2D eigenvalue weighted by atomic mass is 32.2. The van der Waals surface area contributed by atoms with Crippen LogP contribution in [0.5, 0.6) is 0 Å². The molecular formula is C30H43F2NO5SSi. The number of rotatable bonds is 11. The normalized spacial score (nSPS) is 27.2. The highest BCUT2D eigenvalue weighted by Crippen LogP contribution is 2.44. The van der Waals surface area contributed by atoms with E-state index in [1.165, 1.54) is 4.31 Å². The number of nitrogens with zero attached hydrogens (tertiary/aromatic N) is 1. The van der Waals surface area contributed by atoms with Crippen LogP contribution in [0.25, 0.3) is 0 Å². The van der Waals surface area contributed by atoms with Crippen molar-refractivity contribution in [1.82, 2.24) is 4.31 Å². The average Bonchev–Trinajstić information content (AvgIpc) is 3.32. The summed E-state index contributed by atoms with van der Waals surface area (Å²) in [6, 6.07) is 12.0. The fraction of sp³-hybridized carbons (Fsp3) is 0.600. The Kier molecular flexibility index (Phi) is 9.90. The zero-order valence-electron chi connectivity index (χ0n) is 24.0. The SMILES string of the molecule is C[C@H]1CC[C@H](c2ccccc2)S(=O)(=O)N1Cc1cc(F)c([C@]2(CO)CCC(OCOCC[Si](C)(C)C)C2)cc1F. The van der Waals surface area contributed by atoms with Gasteiger partial charge in [0.25, 0.3) is 0 Å². The van der Waals surface area contributed by atoms with Crippen molar-refractivity contribution in [2.45, 2.75) is 94.1 Å². The van der Waals surface area contributed by atoms with Crippen molar-refractivity contribution in [2.75, 3.05) is 20.0 Å². The van der Waals surface area contributed by atoms with E-state index in [0.717, 1.165) is 18.2 Å². The van der Waals surface area contributed by atoms with E-state index in [4.69, 9.17) is 9.47 Å². The van der Waals surface area contributed by atoms with Gasteiger partial charge < -0.3 is 14.6 Å². The summed E-state index contributed by atoms with van der Waals surface area (Å²) in [6.07, 6.45) is 2.28. The number of aliphatic hydroxyl groups is 1. The van der Waals surface area contributed by atoms with Gasteiger partial charge in [-0.3, -0.25) is 0 Å². The summed E-state index contributed by atoms with van der Waals surface area (Å²) in [5.41, 5.74) is -0.167. The summed E-state index contributed by atoms with van der Waals surface area (Å²) in [5, 5.41) is 9.60. The van der Waals surface area contributed by atoms with Gasteiger partial charge in [0.05, 0.1) is 12.7 Å².